The molecule has 1 aromatic heterocycles. The van der Waals surface area contributed by atoms with Crippen LogP contribution in [0.4, 0.5) is 6.01 Å². The van der Waals surface area contributed by atoms with Gasteiger partial charge in [0.05, 0.1) is 19.8 Å². The first kappa shape index (κ1) is 13.8. The van der Waals surface area contributed by atoms with E-state index in [4.69, 9.17) is 9.15 Å². The van der Waals surface area contributed by atoms with Crippen LogP contribution in [0.2, 0.25) is 0 Å². The maximum Gasteiger partial charge on any atom is 0.318 e. The summed E-state index contributed by atoms with van der Waals surface area (Å²) in [6.07, 6.45) is 5.26. The zero-order chi connectivity index (χ0) is 13.8. The van der Waals surface area contributed by atoms with Gasteiger partial charge < -0.3 is 19.4 Å². The van der Waals surface area contributed by atoms with Crippen molar-refractivity contribution in [3.05, 3.63) is 5.89 Å². The number of hydrogen-bond acceptors (Lipinski definition) is 6. The number of anilines is 1. The fourth-order valence-corrected chi connectivity index (χ4v) is 3.04. The van der Waals surface area contributed by atoms with Crippen molar-refractivity contribution < 1.29 is 9.15 Å². The average Bonchev–Trinajstić information content (AvgIpc) is 2.96. The number of ether oxygens (including phenoxy) is 1. The molecule has 0 aromatic carbocycles. The lowest BCUT2D eigenvalue weighted by atomic mass is 9.86. The number of aromatic nitrogens is 2. The van der Waals surface area contributed by atoms with Gasteiger partial charge >= 0.3 is 6.01 Å². The second-order valence-electron chi connectivity index (χ2n) is 5.83. The Bertz CT molecular complexity index is 417. The van der Waals surface area contributed by atoms with E-state index in [0.29, 0.717) is 24.5 Å². The number of rotatable bonds is 4. The Morgan fingerprint density at radius 2 is 2.00 bits per heavy atom. The number of nitrogens with one attached hydrogen (secondary N) is 1. The van der Waals surface area contributed by atoms with Crippen molar-refractivity contribution in [1.29, 1.82) is 0 Å². The van der Waals surface area contributed by atoms with Gasteiger partial charge in [-0.15, -0.1) is 5.10 Å². The summed E-state index contributed by atoms with van der Waals surface area (Å²) in [6.45, 7) is 6.12. The standard InChI is InChI=1S/C14H24N4O2/c1-11-4-2-3-5-12(11)15-10-13-16-17-14(20-13)18-6-8-19-9-7-18/h11-12,15H,2-10H2,1H3. The molecule has 1 saturated heterocycles. The first-order chi connectivity index (χ1) is 9.83. The number of morpholine rings is 1. The molecule has 1 aliphatic carbocycles. The Labute approximate surface area is 119 Å². The SMILES string of the molecule is CC1CCCCC1NCc1nnc(N2CCOCC2)o1. The molecule has 0 bridgehead atoms. The van der Waals surface area contributed by atoms with E-state index in [1.165, 1.54) is 25.7 Å². The minimum absolute atomic E-state index is 0.586. The van der Waals surface area contributed by atoms with Crippen LogP contribution in [0.5, 0.6) is 0 Å². The van der Waals surface area contributed by atoms with E-state index in [9.17, 15) is 0 Å². The third-order valence-corrected chi connectivity index (χ3v) is 4.36. The molecular formula is C14H24N4O2. The smallest absolute Gasteiger partial charge is 0.318 e. The van der Waals surface area contributed by atoms with E-state index in [-0.39, 0.29) is 0 Å². The Morgan fingerprint density at radius 1 is 1.20 bits per heavy atom. The highest BCUT2D eigenvalue weighted by atomic mass is 16.5. The van der Waals surface area contributed by atoms with Crippen LogP contribution < -0.4 is 10.2 Å². The van der Waals surface area contributed by atoms with Crippen molar-refractivity contribution in [2.75, 3.05) is 31.2 Å². The zero-order valence-corrected chi connectivity index (χ0v) is 12.2. The zero-order valence-electron chi connectivity index (χ0n) is 12.2. The molecule has 112 valence electrons. The molecule has 20 heavy (non-hydrogen) atoms. The Morgan fingerprint density at radius 3 is 2.80 bits per heavy atom. The molecule has 0 radical (unpaired) electrons. The van der Waals surface area contributed by atoms with Gasteiger partial charge in [-0.1, -0.05) is 24.9 Å². The fourth-order valence-electron chi connectivity index (χ4n) is 3.04. The minimum atomic E-state index is 0.586. The average molecular weight is 280 g/mol. The van der Waals surface area contributed by atoms with Gasteiger partial charge in [0, 0.05) is 19.1 Å². The summed E-state index contributed by atoms with van der Waals surface area (Å²) >= 11 is 0. The highest BCUT2D eigenvalue weighted by molar-refractivity contribution is 5.24. The van der Waals surface area contributed by atoms with Gasteiger partial charge in [0.2, 0.25) is 5.89 Å². The highest BCUT2D eigenvalue weighted by Crippen LogP contribution is 2.24. The molecule has 2 fully saturated rings. The van der Waals surface area contributed by atoms with Crippen LogP contribution in [0.25, 0.3) is 0 Å². The molecule has 6 nitrogen and oxygen atoms in total. The van der Waals surface area contributed by atoms with Gasteiger partial charge in [-0.05, 0) is 18.8 Å². The van der Waals surface area contributed by atoms with Gasteiger partial charge in [0.15, 0.2) is 0 Å². The largest absolute Gasteiger partial charge is 0.407 e. The monoisotopic (exact) mass is 280 g/mol. The van der Waals surface area contributed by atoms with Crippen LogP contribution >= 0.6 is 0 Å². The maximum absolute atomic E-state index is 5.74. The molecule has 1 saturated carbocycles. The third kappa shape index (κ3) is 3.30. The van der Waals surface area contributed by atoms with Crippen LogP contribution in [-0.4, -0.2) is 42.5 Å². The number of hydrogen-bond donors (Lipinski definition) is 1. The van der Waals surface area contributed by atoms with Crippen LogP contribution in [0.15, 0.2) is 4.42 Å². The predicted molar refractivity (Wildman–Crippen MR) is 75.6 cm³/mol. The Kier molecular flexibility index (Phi) is 4.52. The molecule has 2 atom stereocenters. The minimum Gasteiger partial charge on any atom is -0.407 e. The molecule has 6 heteroatoms. The van der Waals surface area contributed by atoms with E-state index >= 15 is 0 Å². The molecule has 1 N–H and O–H groups in total. The number of nitrogens with zero attached hydrogens (tertiary/aromatic N) is 3. The van der Waals surface area contributed by atoms with Crippen molar-refractivity contribution in [3.8, 4) is 0 Å². The fraction of sp³-hybridized carbons (Fsp3) is 0.857. The molecule has 1 aromatic rings. The predicted octanol–water partition coefficient (Wildman–Crippen LogP) is 1.57. The van der Waals surface area contributed by atoms with E-state index in [1.54, 1.807) is 0 Å². The lowest BCUT2D eigenvalue weighted by Gasteiger charge is -2.29. The van der Waals surface area contributed by atoms with Crippen LogP contribution in [0.1, 0.15) is 38.5 Å². The first-order valence-corrected chi connectivity index (χ1v) is 7.71. The summed E-state index contributed by atoms with van der Waals surface area (Å²) in [5, 5.41) is 11.8. The van der Waals surface area contributed by atoms with Gasteiger partial charge in [-0.25, -0.2) is 0 Å². The van der Waals surface area contributed by atoms with Crippen LogP contribution in [0, 0.1) is 5.92 Å². The van der Waals surface area contributed by atoms with Crippen molar-refractivity contribution >= 4 is 6.01 Å². The van der Waals surface area contributed by atoms with E-state index < -0.39 is 0 Å². The lowest BCUT2D eigenvalue weighted by Crippen LogP contribution is -2.37. The third-order valence-electron chi connectivity index (χ3n) is 4.36. The van der Waals surface area contributed by atoms with E-state index in [1.807, 2.05) is 0 Å². The normalized spacial score (nSPS) is 27.8. The first-order valence-electron chi connectivity index (χ1n) is 7.71. The van der Waals surface area contributed by atoms with Gasteiger partial charge in [0.1, 0.15) is 0 Å². The molecule has 3 rings (SSSR count). The summed E-state index contributed by atoms with van der Waals surface area (Å²) in [6, 6.07) is 1.21. The second kappa shape index (κ2) is 6.54. The van der Waals surface area contributed by atoms with Crippen LogP contribution in [0.3, 0.4) is 0 Å². The van der Waals surface area contributed by atoms with Crippen molar-refractivity contribution in [2.45, 2.75) is 45.2 Å². The Balaban J connectivity index is 1.51. The van der Waals surface area contributed by atoms with E-state index in [0.717, 1.165) is 32.2 Å². The second-order valence-corrected chi connectivity index (χ2v) is 5.83. The van der Waals surface area contributed by atoms with Crippen molar-refractivity contribution in [1.82, 2.24) is 15.5 Å². The van der Waals surface area contributed by atoms with Gasteiger partial charge in [0.25, 0.3) is 0 Å². The van der Waals surface area contributed by atoms with Crippen LogP contribution in [-0.2, 0) is 11.3 Å². The summed E-state index contributed by atoms with van der Waals surface area (Å²) in [5.41, 5.74) is 0. The van der Waals surface area contributed by atoms with E-state index in [2.05, 4.69) is 27.3 Å². The molecule has 2 heterocycles. The summed E-state index contributed by atoms with van der Waals surface area (Å²) < 4.78 is 11.1. The topological polar surface area (TPSA) is 63.4 Å². The molecule has 0 amide bonds. The lowest BCUT2D eigenvalue weighted by molar-refractivity contribution is 0.120. The molecule has 1 aliphatic heterocycles. The molecule has 2 aliphatic rings. The quantitative estimate of drug-likeness (QED) is 0.903. The van der Waals surface area contributed by atoms with Crippen molar-refractivity contribution in [3.63, 3.8) is 0 Å². The van der Waals surface area contributed by atoms with Crippen molar-refractivity contribution in [2.24, 2.45) is 5.92 Å². The molecular weight excluding hydrogens is 256 g/mol. The summed E-state index contributed by atoms with van der Waals surface area (Å²) in [4.78, 5) is 2.09. The highest BCUT2D eigenvalue weighted by Gasteiger charge is 2.22. The van der Waals surface area contributed by atoms with Gasteiger partial charge in [-0.2, -0.15) is 0 Å². The molecule has 0 spiro atoms. The summed E-state index contributed by atoms with van der Waals surface area (Å²) in [5.74, 6) is 1.43. The van der Waals surface area contributed by atoms with Gasteiger partial charge in [-0.3, -0.25) is 0 Å². The Hall–Kier alpha value is -1.14. The summed E-state index contributed by atoms with van der Waals surface area (Å²) in [7, 11) is 0. The maximum atomic E-state index is 5.74. The molecule has 2 unspecified atom stereocenters.